The maximum absolute atomic E-state index is 2.75. The average molecular weight is 587 g/mol. The van der Waals surface area contributed by atoms with E-state index in [1.807, 2.05) is 0 Å². The molecule has 0 aliphatic carbocycles. The molecule has 240 valence electrons. The Hall–Kier alpha value is -2.22. The van der Waals surface area contributed by atoms with Gasteiger partial charge in [0.25, 0.3) is 0 Å². The van der Waals surface area contributed by atoms with E-state index in [1.165, 1.54) is 127 Å². The van der Waals surface area contributed by atoms with Gasteiger partial charge in [0.05, 0.1) is 0 Å². The quantitative estimate of drug-likeness (QED) is 0.107. The van der Waals surface area contributed by atoms with E-state index in [-0.39, 0.29) is 5.66 Å². The predicted octanol–water partition coefficient (Wildman–Crippen LogP) is 12.3. The fourth-order valence-corrected chi connectivity index (χ4v) is 7.42. The maximum atomic E-state index is 2.75. The second kappa shape index (κ2) is 21.5. The van der Waals surface area contributed by atoms with Crippen molar-refractivity contribution in [3.8, 4) is 0 Å². The van der Waals surface area contributed by atoms with Crippen molar-refractivity contribution >= 4 is 0 Å². The van der Waals surface area contributed by atoms with E-state index in [4.69, 9.17) is 0 Å². The van der Waals surface area contributed by atoms with Gasteiger partial charge in [-0.1, -0.05) is 184 Å². The van der Waals surface area contributed by atoms with Crippen molar-refractivity contribution in [2.45, 2.75) is 161 Å². The molecule has 0 aromatic heterocycles. The van der Waals surface area contributed by atoms with Crippen molar-refractivity contribution in [1.82, 2.24) is 9.80 Å². The third-order valence-corrected chi connectivity index (χ3v) is 9.90. The zero-order valence-corrected chi connectivity index (χ0v) is 28.5. The van der Waals surface area contributed by atoms with Crippen molar-refractivity contribution in [3.63, 3.8) is 0 Å². The lowest BCUT2D eigenvalue weighted by Gasteiger charge is -2.51. The van der Waals surface area contributed by atoms with Crippen LogP contribution in [0.2, 0.25) is 0 Å². The number of rotatable bonds is 25. The van der Waals surface area contributed by atoms with Gasteiger partial charge in [-0.25, -0.2) is 0 Å². The fourth-order valence-electron chi connectivity index (χ4n) is 7.42. The highest BCUT2D eigenvalue weighted by Crippen LogP contribution is 2.45. The Bertz CT molecular complexity index is 954. The summed E-state index contributed by atoms with van der Waals surface area (Å²) in [5, 5.41) is 0. The van der Waals surface area contributed by atoms with Crippen LogP contribution in [0.5, 0.6) is 0 Å². The van der Waals surface area contributed by atoms with Gasteiger partial charge in [0.2, 0.25) is 0 Å². The molecule has 2 aromatic rings. The van der Waals surface area contributed by atoms with Crippen molar-refractivity contribution in [3.05, 3.63) is 84.2 Å². The lowest BCUT2D eigenvalue weighted by atomic mass is 9.78. The monoisotopic (exact) mass is 587 g/mol. The van der Waals surface area contributed by atoms with Gasteiger partial charge in [-0.3, -0.25) is 0 Å². The molecular weight excluding hydrogens is 520 g/mol. The first-order valence-electron chi connectivity index (χ1n) is 18.6. The average Bonchev–Trinajstić information content (AvgIpc) is 3.37. The zero-order chi connectivity index (χ0) is 30.4. The molecule has 2 nitrogen and oxygen atoms in total. The van der Waals surface area contributed by atoms with Gasteiger partial charge < -0.3 is 9.80 Å². The summed E-state index contributed by atoms with van der Waals surface area (Å²) in [4.78, 5) is 5.47. The molecule has 0 saturated heterocycles. The second-order valence-corrected chi connectivity index (χ2v) is 13.3. The highest BCUT2D eigenvalue weighted by atomic mass is 15.4. The smallest absolute Gasteiger partial charge is 0.123 e. The van der Waals surface area contributed by atoms with Crippen LogP contribution in [0.1, 0.15) is 160 Å². The first-order chi connectivity index (χ1) is 21.3. The van der Waals surface area contributed by atoms with Crippen LogP contribution < -0.4 is 0 Å². The Morgan fingerprint density at radius 2 is 0.907 bits per heavy atom. The van der Waals surface area contributed by atoms with Crippen LogP contribution in [-0.2, 0) is 6.42 Å². The molecule has 1 aliphatic rings. The van der Waals surface area contributed by atoms with Crippen LogP contribution >= 0.6 is 0 Å². The topological polar surface area (TPSA) is 6.48 Å². The molecule has 0 N–H and O–H groups in total. The Morgan fingerprint density at radius 1 is 0.488 bits per heavy atom. The largest absolute Gasteiger partial charge is 0.353 e. The standard InChI is InChI=1S/C41H66N2/c1-4-7-9-10-11-12-13-14-15-16-17-18-19-20-21-28-34-43-36-35-42(33-8-5-2)41(43,37-38-29-24-22-25-30-38)40(6-3)39-31-26-23-27-32-39/h22-27,29-32,35-36,40H,4-21,28,33-34,37H2,1-3H3. The van der Waals surface area contributed by atoms with Gasteiger partial charge >= 0.3 is 0 Å². The summed E-state index contributed by atoms with van der Waals surface area (Å²) < 4.78 is 0. The molecule has 2 aromatic carbocycles. The molecule has 2 unspecified atom stereocenters. The van der Waals surface area contributed by atoms with Crippen LogP contribution in [0.4, 0.5) is 0 Å². The van der Waals surface area contributed by atoms with Crippen molar-refractivity contribution in [2.75, 3.05) is 13.1 Å². The summed E-state index contributed by atoms with van der Waals surface area (Å²) >= 11 is 0. The molecule has 0 radical (unpaired) electrons. The van der Waals surface area contributed by atoms with Crippen LogP contribution in [0.3, 0.4) is 0 Å². The van der Waals surface area contributed by atoms with E-state index >= 15 is 0 Å². The van der Waals surface area contributed by atoms with Crippen molar-refractivity contribution in [2.24, 2.45) is 0 Å². The first kappa shape index (κ1) is 35.3. The lowest BCUT2D eigenvalue weighted by Crippen LogP contribution is -2.59. The van der Waals surface area contributed by atoms with Gasteiger partial charge in [0.1, 0.15) is 5.66 Å². The summed E-state index contributed by atoms with van der Waals surface area (Å²) in [6, 6.07) is 22.6. The summed E-state index contributed by atoms with van der Waals surface area (Å²) in [6.45, 7) is 9.29. The Balaban J connectivity index is 1.49. The molecular formula is C41H66N2. The van der Waals surface area contributed by atoms with Crippen LogP contribution in [-0.4, -0.2) is 28.6 Å². The molecule has 0 amide bonds. The molecule has 0 saturated carbocycles. The molecule has 3 rings (SSSR count). The summed E-state index contributed by atoms with van der Waals surface area (Å²) in [5.41, 5.74) is 2.87. The number of hydrogen-bond donors (Lipinski definition) is 0. The van der Waals surface area contributed by atoms with Gasteiger partial charge in [0.15, 0.2) is 0 Å². The van der Waals surface area contributed by atoms with E-state index in [1.54, 1.807) is 0 Å². The van der Waals surface area contributed by atoms with Crippen LogP contribution in [0, 0.1) is 0 Å². The normalized spacial score (nSPS) is 17.2. The highest BCUT2D eigenvalue weighted by Gasteiger charge is 2.49. The molecule has 0 bridgehead atoms. The molecule has 1 heterocycles. The van der Waals surface area contributed by atoms with Crippen molar-refractivity contribution < 1.29 is 0 Å². The maximum Gasteiger partial charge on any atom is 0.123 e. The number of benzene rings is 2. The molecule has 2 atom stereocenters. The number of hydrogen-bond acceptors (Lipinski definition) is 2. The van der Waals surface area contributed by atoms with Crippen molar-refractivity contribution in [1.29, 1.82) is 0 Å². The minimum Gasteiger partial charge on any atom is -0.353 e. The minimum absolute atomic E-state index is 0.0534. The fraction of sp³-hybridized carbons (Fsp3) is 0.659. The van der Waals surface area contributed by atoms with Gasteiger partial charge in [-0.2, -0.15) is 0 Å². The highest BCUT2D eigenvalue weighted by molar-refractivity contribution is 5.30. The number of nitrogens with zero attached hydrogens (tertiary/aromatic N) is 2. The van der Waals surface area contributed by atoms with E-state index in [2.05, 4.69) is 104 Å². The third-order valence-electron chi connectivity index (χ3n) is 9.90. The molecule has 0 spiro atoms. The zero-order valence-electron chi connectivity index (χ0n) is 28.5. The van der Waals surface area contributed by atoms with Gasteiger partial charge in [-0.05, 0) is 30.4 Å². The summed E-state index contributed by atoms with van der Waals surface area (Å²) in [6.07, 6.45) is 32.2. The van der Waals surface area contributed by atoms with E-state index in [0.29, 0.717) is 5.92 Å². The third kappa shape index (κ3) is 11.7. The SMILES string of the molecule is CCCCCCCCCCCCCCCCCCN1C=CN(CCCC)C1(Cc1ccccc1)C(CC)c1ccccc1. The second-order valence-electron chi connectivity index (χ2n) is 13.3. The van der Waals surface area contributed by atoms with Crippen LogP contribution in [0.25, 0.3) is 0 Å². The molecule has 2 heteroatoms. The Labute approximate surface area is 267 Å². The summed E-state index contributed by atoms with van der Waals surface area (Å²) in [7, 11) is 0. The Morgan fingerprint density at radius 3 is 1.37 bits per heavy atom. The van der Waals surface area contributed by atoms with E-state index in [9.17, 15) is 0 Å². The molecule has 0 fully saturated rings. The minimum atomic E-state index is -0.0534. The first-order valence-corrected chi connectivity index (χ1v) is 18.6. The predicted molar refractivity (Wildman–Crippen MR) is 189 cm³/mol. The van der Waals surface area contributed by atoms with E-state index < -0.39 is 0 Å². The van der Waals surface area contributed by atoms with Gasteiger partial charge in [0, 0.05) is 37.8 Å². The number of unbranched alkanes of at least 4 members (excludes halogenated alkanes) is 16. The van der Waals surface area contributed by atoms with Gasteiger partial charge in [-0.15, -0.1) is 0 Å². The Kier molecular flexibility index (Phi) is 17.6. The van der Waals surface area contributed by atoms with E-state index in [0.717, 1.165) is 25.9 Å². The molecule has 1 aliphatic heterocycles. The lowest BCUT2D eigenvalue weighted by molar-refractivity contribution is -0.00355. The van der Waals surface area contributed by atoms with Crippen LogP contribution in [0.15, 0.2) is 73.1 Å². The molecule has 43 heavy (non-hydrogen) atoms. The summed E-state index contributed by atoms with van der Waals surface area (Å²) in [5.74, 6) is 0.446.